The third-order valence-corrected chi connectivity index (χ3v) is 15.3. The fourth-order valence-electron chi connectivity index (χ4n) is 7.56. The average Bonchev–Trinajstić information content (AvgIpc) is 3.86. The first kappa shape index (κ1) is 42.3. The van der Waals surface area contributed by atoms with Gasteiger partial charge >= 0.3 is 19.4 Å². The number of aliphatic hydroxyl groups is 2. The van der Waals surface area contributed by atoms with Crippen molar-refractivity contribution in [2.24, 2.45) is 0 Å². The molecule has 8 rings (SSSR count). The van der Waals surface area contributed by atoms with E-state index in [4.69, 9.17) is 61.7 Å². The van der Waals surface area contributed by atoms with E-state index in [0.29, 0.717) is 12.3 Å². The van der Waals surface area contributed by atoms with Gasteiger partial charge in [0.1, 0.15) is 59.9 Å². The zero-order valence-electron chi connectivity index (χ0n) is 31.9. The summed E-state index contributed by atoms with van der Waals surface area (Å²) in [4.78, 5) is 57.5. The fourth-order valence-corrected chi connectivity index (χ4v) is 11.1. The number of fused-ring (bicyclic) bond motifs is 4. The van der Waals surface area contributed by atoms with Crippen molar-refractivity contribution in [1.82, 2.24) is 34.1 Å². The number of carbonyl (C=O) groups excluding carboxylic acids is 1. The summed E-state index contributed by atoms with van der Waals surface area (Å²) >= 11 is 10.8. The number of nitrogen functional groups attached to an aromatic ring is 1. The van der Waals surface area contributed by atoms with Crippen LogP contribution in [0.1, 0.15) is 48.8 Å². The Labute approximate surface area is 343 Å². The summed E-state index contributed by atoms with van der Waals surface area (Å²) in [5.41, 5.74) is 9.13. The Hall–Kier alpha value is -2.44. The van der Waals surface area contributed by atoms with Crippen LogP contribution in [0.25, 0.3) is 22.2 Å². The number of rotatable bonds is 8. The molecule has 4 aliphatic rings. The lowest BCUT2D eigenvalue weighted by atomic mass is 10.1. The fraction of sp³-hybridized carbons (Fsp3) is 0.636. The van der Waals surface area contributed by atoms with Crippen molar-refractivity contribution in [3.05, 3.63) is 35.9 Å². The maximum atomic E-state index is 12.5. The summed E-state index contributed by atoms with van der Waals surface area (Å²) in [6.45, 7) is -2.49. The molecule has 0 radical (unpaired) electrons. The number of nitrogens with zero attached hydrogens (tertiary/aromatic N) is 7. The molecular formula is C33H46N8O12P2S2Si. The number of nitrogens with two attached hydrogens (primary N) is 1. The maximum absolute atomic E-state index is 12.5. The summed E-state index contributed by atoms with van der Waals surface area (Å²) < 4.78 is 44.4. The Morgan fingerprint density at radius 3 is 2.40 bits per heavy atom. The van der Waals surface area contributed by atoms with Crippen molar-refractivity contribution >= 4 is 79.1 Å². The third-order valence-electron chi connectivity index (χ3n) is 10.5. The summed E-state index contributed by atoms with van der Waals surface area (Å²) in [7, 11) is -1.39. The number of aromatic nitrogens is 7. The van der Waals surface area contributed by atoms with Crippen LogP contribution in [-0.4, -0.2) is 125 Å². The smallest absolute Gasteiger partial charge is 0.325 e. The second-order valence-electron chi connectivity index (χ2n) is 15.9. The first-order valence-corrected chi connectivity index (χ1v) is 27.8. The Morgan fingerprint density at radius 1 is 0.931 bits per heavy atom. The van der Waals surface area contributed by atoms with E-state index in [1.807, 2.05) is 6.20 Å². The molecule has 2 bridgehead atoms. The van der Waals surface area contributed by atoms with E-state index < -0.39 is 89.8 Å². The van der Waals surface area contributed by atoms with Crippen molar-refractivity contribution < 1.29 is 57.1 Å². The van der Waals surface area contributed by atoms with Gasteiger partial charge in [-0.1, -0.05) is 19.6 Å². The molecule has 4 aromatic rings. The number of anilines is 1. The predicted octanol–water partition coefficient (Wildman–Crippen LogP) is 2.31. The van der Waals surface area contributed by atoms with Crippen molar-refractivity contribution in [1.29, 1.82) is 0 Å². The number of carbonyl (C=O) groups is 1. The minimum absolute atomic E-state index is 0.0102. The number of hydrogen-bond donors (Lipinski definition) is 5. The van der Waals surface area contributed by atoms with E-state index in [1.54, 1.807) is 4.57 Å². The highest BCUT2D eigenvalue weighted by molar-refractivity contribution is 8.07. The monoisotopic (exact) mass is 900 g/mol. The lowest BCUT2D eigenvalue weighted by Crippen LogP contribution is -2.36. The van der Waals surface area contributed by atoms with Crippen LogP contribution in [0, 0.1) is 0 Å². The van der Waals surface area contributed by atoms with Gasteiger partial charge in [0.2, 0.25) is 0 Å². The van der Waals surface area contributed by atoms with Gasteiger partial charge in [-0.2, -0.15) is 0 Å². The van der Waals surface area contributed by atoms with Crippen molar-refractivity contribution in [3.63, 3.8) is 0 Å². The highest BCUT2D eigenvalue weighted by atomic mass is 32.5. The molecule has 58 heavy (non-hydrogen) atoms. The number of imidazole rings is 1. The van der Waals surface area contributed by atoms with Crippen LogP contribution in [0.2, 0.25) is 25.7 Å². The lowest BCUT2D eigenvalue weighted by Gasteiger charge is -2.28. The molecule has 20 nitrogen and oxygen atoms in total. The summed E-state index contributed by atoms with van der Waals surface area (Å²) in [6, 6.07) is 0.838. The molecule has 6 N–H and O–H groups in total. The van der Waals surface area contributed by atoms with Crippen LogP contribution < -0.4 is 5.73 Å². The van der Waals surface area contributed by atoms with Gasteiger partial charge in [-0.25, -0.2) is 24.9 Å². The van der Waals surface area contributed by atoms with E-state index in [-0.39, 0.29) is 35.6 Å². The summed E-state index contributed by atoms with van der Waals surface area (Å²) in [5.74, 6) is -0.134. The molecule has 10 atom stereocenters. The van der Waals surface area contributed by atoms with E-state index in [2.05, 4.69) is 44.6 Å². The first-order chi connectivity index (χ1) is 27.5. The normalized spacial score (nSPS) is 33.3. The van der Waals surface area contributed by atoms with Crippen LogP contribution in [0.5, 0.6) is 0 Å². The van der Waals surface area contributed by atoms with E-state index in [9.17, 15) is 24.8 Å². The van der Waals surface area contributed by atoms with Crippen LogP contribution in [0.3, 0.4) is 0 Å². The standard InChI is InChI=1S/C33H46N8O12P2S2Si/c1-58(2,3)11-10-47-22(42)9-8-21-38-29(34)24-31(39-21)41(16-37-24)33-28-25(43)19(50-33)13-48-54(45,56)52-27-20(14-49-55(46,57)53-28)51-32(26(27)44)40-12-17-6-4-5-7-18-23(17)30(40)36-15-35-18/h12,15-16,19-20,25-28,32-33,43-44H,4-11,13-14H2,1-3H3,(H,45,56)(H,46,57)(H2,34,38,39)/t19-,20-,25-,26-,27-,28-,32-,33-,54?,55?/m1/s1. The minimum atomic E-state index is -4.24. The molecule has 4 aromatic heterocycles. The molecule has 2 unspecified atom stereocenters. The molecule has 0 saturated carbocycles. The van der Waals surface area contributed by atoms with Gasteiger partial charge in [0.25, 0.3) is 0 Å². The zero-order valence-corrected chi connectivity index (χ0v) is 36.3. The van der Waals surface area contributed by atoms with Crippen LogP contribution >= 0.6 is 13.4 Å². The van der Waals surface area contributed by atoms with Crippen molar-refractivity contribution in [2.75, 3.05) is 25.6 Å². The molecular weight excluding hydrogens is 855 g/mol. The number of aryl methyl sites for hydroxylation is 3. The van der Waals surface area contributed by atoms with Gasteiger partial charge in [-0.3, -0.25) is 18.4 Å². The largest absolute Gasteiger partial charge is 0.466 e. The third kappa shape index (κ3) is 8.81. The van der Waals surface area contributed by atoms with Gasteiger partial charge in [0.05, 0.1) is 38.3 Å². The molecule has 3 aliphatic heterocycles. The molecule has 0 amide bonds. The van der Waals surface area contributed by atoms with Crippen LogP contribution in [-0.2, 0) is 80.0 Å². The Balaban J connectivity index is 1.04. The van der Waals surface area contributed by atoms with E-state index in [1.165, 1.54) is 17.2 Å². The molecule has 7 heterocycles. The van der Waals surface area contributed by atoms with Gasteiger partial charge in [-0.05, 0) is 60.9 Å². The highest BCUT2D eigenvalue weighted by Gasteiger charge is 2.52. The van der Waals surface area contributed by atoms with Gasteiger partial charge < -0.3 is 53.6 Å². The second kappa shape index (κ2) is 16.4. The topological polar surface area (TPSA) is 263 Å². The van der Waals surface area contributed by atoms with Gasteiger partial charge in [-0.15, -0.1) is 0 Å². The molecule has 316 valence electrons. The SMILES string of the molecule is C[Si](C)(C)CCOC(=O)CCc1nc(N)c2ncn([C@@H]3O[C@@H]4COP(O)(=S)O[C@H]5[C@@H](O)[C@H](n6cc7c8c(ncnc86)CCCC7)O[C@@H]5COP(O)(=S)O[C@@H]3[C@@H]4O)c2n1. The maximum Gasteiger partial charge on any atom is 0.325 e. The molecule has 0 spiro atoms. The Morgan fingerprint density at radius 2 is 1.64 bits per heavy atom. The minimum Gasteiger partial charge on any atom is -0.466 e. The molecule has 3 fully saturated rings. The second-order valence-corrected chi connectivity index (χ2v) is 27.2. The van der Waals surface area contributed by atoms with Crippen LogP contribution in [0.4, 0.5) is 5.82 Å². The number of hydrogen-bond acceptors (Lipinski definition) is 18. The molecule has 1 aliphatic carbocycles. The lowest BCUT2D eigenvalue weighted by molar-refractivity contribution is -0.143. The summed E-state index contributed by atoms with van der Waals surface area (Å²) in [6.07, 6.45) is -2.03. The molecule has 0 aromatic carbocycles. The zero-order chi connectivity index (χ0) is 41.1. The number of ether oxygens (including phenoxy) is 3. The summed E-state index contributed by atoms with van der Waals surface area (Å²) in [5, 5.41) is 24.1. The highest BCUT2D eigenvalue weighted by Crippen LogP contribution is 2.54. The van der Waals surface area contributed by atoms with E-state index >= 15 is 0 Å². The quantitative estimate of drug-likeness (QED) is 0.0965. The van der Waals surface area contributed by atoms with E-state index in [0.717, 1.165) is 48.4 Å². The Bertz CT molecular complexity index is 2300. The van der Waals surface area contributed by atoms with Crippen LogP contribution in [0.15, 0.2) is 18.9 Å². The number of aliphatic hydroxyl groups excluding tert-OH is 2. The first-order valence-electron chi connectivity index (χ1n) is 18.9. The average molecular weight is 901 g/mol. The molecule has 3 saturated heterocycles. The predicted molar refractivity (Wildman–Crippen MR) is 216 cm³/mol. The van der Waals surface area contributed by atoms with Crippen molar-refractivity contribution in [3.8, 4) is 0 Å². The van der Waals surface area contributed by atoms with Gasteiger partial charge in [0, 0.05) is 26.1 Å². The Kier molecular flexibility index (Phi) is 12.0. The van der Waals surface area contributed by atoms with Gasteiger partial charge in [0.15, 0.2) is 23.9 Å². The number of esters is 1. The van der Waals surface area contributed by atoms with Crippen molar-refractivity contribution in [2.45, 2.75) is 113 Å². The molecule has 25 heteroatoms.